The first-order chi connectivity index (χ1) is 18.6. The average Bonchev–Trinajstić information content (AvgIpc) is 3.37. The molecule has 0 bridgehead atoms. The molecule has 8 nitrogen and oxygen atoms in total. The Bertz CT molecular complexity index is 1710. The van der Waals surface area contributed by atoms with Gasteiger partial charge in [0, 0.05) is 29.5 Å². The number of benzene rings is 1. The Morgan fingerprint density at radius 1 is 0.949 bits per heavy atom. The molecule has 1 aromatic carbocycles. The fourth-order valence-corrected chi connectivity index (χ4v) is 3.63. The van der Waals surface area contributed by atoms with Crippen LogP contribution in [-0.4, -0.2) is 31.7 Å². The molecule has 5 aromatic rings. The first kappa shape index (κ1) is 25.7. The number of halogens is 5. The molecule has 0 fully saturated rings. The fraction of sp³-hybridized carbons (Fsp3) is 0.115. The van der Waals surface area contributed by atoms with Crippen molar-refractivity contribution < 1.29 is 35.9 Å². The zero-order valence-corrected chi connectivity index (χ0v) is 19.5. The van der Waals surface area contributed by atoms with Crippen molar-refractivity contribution in [1.82, 2.24) is 19.5 Å². The molecule has 0 unspecified atom stereocenters. The van der Waals surface area contributed by atoms with Crippen LogP contribution in [0, 0.1) is 0 Å². The quantitative estimate of drug-likeness (QED) is 0.208. The molecule has 0 aliphatic heterocycles. The summed E-state index contributed by atoms with van der Waals surface area (Å²) in [7, 11) is 0. The maximum Gasteiger partial charge on any atom is 0.459 e. The molecule has 13 heteroatoms. The lowest BCUT2D eigenvalue weighted by Gasteiger charge is -2.18. The number of hydrogen-bond acceptors (Lipinski definition) is 7. The zero-order valence-electron chi connectivity index (χ0n) is 19.5. The highest BCUT2D eigenvalue weighted by Gasteiger charge is 2.59. The summed E-state index contributed by atoms with van der Waals surface area (Å²) in [6.07, 6.45) is -2.44. The summed E-state index contributed by atoms with van der Waals surface area (Å²) >= 11 is 0. The molecule has 0 radical (unpaired) electrons. The number of nitrogens with zero attached hydrogens (tertiary/aromatic N) is 4. The number of ether oxygens (including phenoxy) is 1. The van der Waals surface area contributed by atoms with E-state index in [9.17, 15) is 31.5 Å². The van der Waals surface area contributed by atoms with Crippen molar-refractivity contribution in [2.45, 2.75) is 18.7 Å². The highest BCUT2D eigenvalue weighted by molar-refractivity contribution is 5.86. The Kier molecular flexibility index (Phi) is 6.42. The largest absolute Gasteiger partial charge is 0.459 e. The van der Waals surface area contributed by atoms with Gasteiger partial charge in [-0.1, -0.05) is 36.4 Å². The lowest BCUT2D eigenvalue weighted by atomic mass is 10.1. The van der Waals surface area contributed by atoms with E-state index in [1.165, 1.54) is 12.4 Å². The molecule has 5 rings (SSSR count). The number of alkyl halides is 5. The van der Waals surface area contributed by atoms with Gasteiger partial charge in [-0.2, -0.15) is 26.9 Å². The summed E-state index contributed by atoms with van der Waals surface area (Å²) in [5, 5.41) is 0.506. The van der Waals surface area contributed by atoms with E-state index < -0.39 is 35.2 Å². The second-order valence-electron chi connectivity index (χ2n) is 8.17. The number of carbonyl (C=O) groups excluding carboxylic acids is 1. The number of fused-ring (bicyclic) bond motifs is 1. The third-order valence-electron chi connectivity index (χ3n) is 5.59. The van der Waals surface area contributed by atoms with E-state index >= 15 is 0 Å². The summed E-state index contributed by atoms with van der Waals surface area (Å²) in [5.74, 6) is -7.35. The van der Waals surface area contributed by atoms with Gasteiger partial charge in [0.25, 0.3) is 5.56 Å². The van der Waals surface area contributed by atoms with Crippen molar-refractivity contribution in [3.05, 3.63) is 107 Å². The van der Waals surface area contributed by atoms with Gasteiger partial charge in [-0.15, -0.1) is 0 Å². The van der Waals surface area contributed by atoms with Gasteiger partial charge in [0.2, 0.25) is 0 Å². The summed E-state index contributed by atoms with van der Waals surface area (Å²) < 4.78 is 77.6. The van der Waals surface area contributed by atoms with Crippen molar-refractivity contribution in [3.63, 3.8) is 0 Å². The van der Waals surface area contributed by atoms with E-state index in [1.807, 2.05) is 0 Å². The minimum absolute atomic E-state index is 0.0560. The zero-order chi connectivity index (χ0) is 27.8. The van der Waals surface area contributed by atoms with Gasteiger partial charge >= 0.3 is 24.0 Å². The van der Waals surface area contributed by atoms with Crippen LogP contribution in [0.2, 0.25) is 0 Å². The maximum atomic E-state index is 13.7. The highest BCUT2D eigenvalue weighted by atomic mass is 19.4. The van der Waals surface area contributed by atoms with Crippen LogP contribution in [-0.2, 0) is 17.3 Å². The number of hydrogen-bond donors (Lipinski definition) is 0. The van der Waals surface area contributed by atoms with Gasteiger partial charge in [0.1, 0.15) is 17.8 Å². The smallest absolute Gasteiger partial charge is 0.454 e. The van der Waals surface area contributed by atoms with Crippen LogP contribution in [0.15, 0.2) is 88.5 Å². The second kappa shape index (κ2) is 9.74. The van der Waals surface area contributed by atoms with Crippen LogP contribution in [0.4, 0.5) is 22.0 Å². The molecule has 0 aliphatic rings. The Labute approximate surface area is 215 Å². The molecule has 4 heterocycles. The van der Waals surface area contributed by atoms with Gasteiger partial charge < -0.3 is 9.15 Å². The van der Waals surface area contributed by atoms with Crippen LogP contribution in [0.5, 0.6) is 0 Å². The highest BCUT2D eigenvalue weighted by Crippen LogP contribution is 2.43. The van der Waals surface area contributed by atoms with Crippen molar-refractivity contribution in [2.75, 3.05) is 0 Å². The lowest BCUT2D eigenvalue weighted by Crippen LogP contribution is -2.34. The minimum atomic E-state index is -5.86. The molecule has 0 aliphatic carbocycles. The SMILES string of the molecule is O=C(OCc1ccccc1)c1nc(-n2ccc3cccnc3c2=O)c(-c2ccc(C(F)(F)C(F)(F)F)nc2)o1. The van der Waals surface area contributed by atoms with E-state index in [2.05, 4.69) is 15.0 Å². The van der Waals surface area contributed by atoms with Crippen molar-refractivity contribution in [3.8, 4) is 17.1 Å². The summed E-state index contributed by atoms with van der Waals surface area (Å²) in [6, 6.07) is 14.8. The second-order valence-corrected chi connectivity index (χ2v) is 8.17. The molecular formula is C26H15F5N4O4. The molecular weight excluding hydrogens is 527 g/mol. The fourth-order valence-electron chi connectivity index (χ4n) is 3.63. The van der Waals surface area contributed by atoms with Crippen LogP contribution in [0.1, 0.15) is 21.9 Å². The molecule has 0 saturated heterocycles. The third kappa shape index (κ3) is 4.85. The lowest BCUT2D eigenvalue weighted by molar-refractivity contribution is -0.290. The molecule has 0 saturated carbocycles. The Morgan fingerprint density at radius 3 is 2.41 bits per heavy atom. The standard InChI is InChI=1S/C26H15F5N4O4/c27-25(28,26(29,30)31)18-9-8-17(13-33-18)20-21(35-12-10-16-7-4-11-32-19(16)23(35)36)34-22(39-20)24(37)38-14-15-5-2-1-3-6-15/h1-13H,14H2. The van der Waals surface area contributed by atoms with Crippen LogP contribution >= 0.6 is 0 Å². The average molecular weight is 542 g/mol. The molecule has 0 amide bonds. The van der Waals surface area contributed by atoms with Crippen LogP contribution in [0.3, 0.4) is 0 Å². The summed E-state index contributed by atoms with van der Waals surface area (Å²) in [6.45, 7) is -0.130. The number of pyridine rings is 3. The third-order valence-corrected chi connectivity index (χ3v) is 5.59. The maximum absolute atomic E-state index is 13.7. The summed E-state index contributed by atoms with van der Waals surface area (Å²) in [5.41, 5.74) is -1.61. The van der Waals surface area contributed by atoms with Gasteiger partial charge in [-0.25, -0.2) is 4.79 Å². The van der Waals surface area contributed by atoms with Gasteiger partial charge in [-0.3, -0.25) is 19.3 Å². The number of esters is 1. The van der Waals surface area contributed by atoms with Gasteiger partial charge in [0.15, 0.2) is 11.6 Å². The van der Waals surface area contributed by atoms with E-state index in [-0.39, 0.29) is 29.3 Å². The van der Waals surface area contributed by atoms with Gasteiger partial charge in [0.05, 0.1) is 0 Å². The molecule has 0 atom stereocenters. The number of carbonyl (C=O) groups is 1. The molecule has 39 heavy (non-hydrogen) atoms. The van der Waals surface area contributed by atoms with Crippen LogP contribution in [0.25, 0.3) is 28.0 Å². The number of aromatic nitrogens is 4. The van der Waals surface area contributed by atoms with E-state index in [1.54, 1.807) is 48.5 Å². The topological polar surface area (TPSA) is 100 Å². The molecule has 0 spiro atoms. The Morgan fingerprint density at radius 2 is 1.72 bits per heavy atom. The predicted octanol–water partition coefficient (Wildman–Crippen LogP) is 5.45. The number of rotatable bonds is 6. The molecule has 0 N–H and O–H groups in total. The Hall–Kier alpha value is -4.94. The van der Waals surface area contributed by atoms with E-state index in [0.717, 1.165) is 10.6 Å². The molecule has 4 aromatic heterocycles. The normalized spacial score (nSPS) is 12.0. The first-order valence-electron chi connectivity index (χ1n) is 11.2. The van der Waals surface area contributed by atoms with Crippen molar-refractivity contribution in [2.24, 2.45) is 0 Å². The number of oxazole rings is 1. The van der Waals surface area contributed by atoms with E-state index in [4.69, 9.17) is 9.15 Å². The monoisotopic (exact) mass is 542 g/mol. The first-order valence-corrected chi connectivity index (χ1v) is 11.2. The summed E-state index contributed by atoms with van der Waals surface area (Å²) in [4.78, 5) is 37.3. The predicted molar refractivity (Wildman–Crippen MR) is 126 cm³/mol. The van der Waals surface area contributed by atoms with E-state index in [0.29, 0.717) is 23.2 Å². The van der Waals surface area contributed by atoms with Crippen molar-refractivity contribution >= 4 is 16.9 Å². The van der Waals surface area contributed by atoms with Gasteiger partial charge in [-0.05, 0) is 29.8 Å². The van der Waals surface area contributed by atoms with Crippen LogP contribution < -0.4 is 5.56 Å². The Balaban J connectivity index is 1.58. The van der Waals surface area contributed by atoms with Crippen molar-refractivity contribution in [1.29, 1.82) is 0 Å². The minimum Gasteiger partial charge on any atom is -0.454 e. The molecule has 198 valence electrons.